The highest BCUT2D eigenvalue weighted by Gasteiger charge is 2.35. The highest BCUT2D eigenvalue weighted by Crippen LogP contribution is 2.27. The molecule has 27 heavy (non-hydrogen) atoms. The Kier molecular flexibility index (Phi) is 6.98. The maximum atomic E-state index is 12.6. The third kappa shape index (κ3) is 5.08. The first-order valence-corrected chi connectivity index (χ1v) is 8.98. The van der Waals surface area contributed by atoms with E-state index in [2.05, 4.69) is 15.7 Å². The third-order valence-corrected chi connectivity index (χ3v) is 4.89. The van der Waals surface area contributed by atoms with Crippen LogP contribution in [0.3, 0.4) is 0 Å². The first kappa shape index (κ1) is 20.9. The third-order valence-electron chi connectivity index (χ3n) is 4.89. The minimum absolute atomic E-state index is 0. The molecular formula is C19H26ClN5O2. The van der Waals surface area contributed by atoms with Gasteiger partial charge in [-0.3, -0.25) is 14.3 Å². The second-order valence-electron chi connectivity index (χ2n) is 6.90. The quantitative estimate of drug-likeness (QED) is 0.728. The van der Waals surface area contributed by atoms with Crippen molar-refractivity contribution in [3.8, 4) is 0 Å². The molecule has 0 radical (unpaired) electrons. The van der Waals surface area contributed by atoms with Gasteiger partial charge in [0, 0.05) is 23.8 Å². The summed E-state index contributed by atoms with van der Waals surface area (Å²) < 4.78 is 1.59. The van der Waals surface area contributed by atoms with E-state index in [1.165, 1.54) is 0 Å². The fraction of sp³-hybridized carbons (Fsp3) is 0.421. The number of nitrogens with one attached hydrogen (secondary N) is 2. The lowest BCUT2D eigenvalue weighted by Gasteiger charge is -2.31. The van der Waals surface area contributed by atoms with Gasteiger partial charge in [-0.25, -0.2) is 0 Å². The van der Waals surface area contributed by atoms with E-state index in [0.717, 1.165) is 19.3 Å². The number of carbonyl (C=O) groups excluding carboxylic acids is 2. The van der Waals surface area contributed by atoms with Crippen molar-refractivity contribution in [1.29, 1.82) is 0 Å². The first-order chi connectivity index (χ1) is 12.5. The van der Waals surface area contributed by atoms with Crippen molar-refractivity contribution in [3.63, 3.8) is 0 Å². The number of carbonyl (C=O) groups is 2. The molecule has 1 fully saturated rings. The van der Waals surface area contributed by atoms with Crippen LogP contribution in [0.5, 0.6) is 0 Å². The molecule has 0 aliphatic heterocycles. The molecule has 0 saturated heterocycles. The van der Waals surface area contributed by atoms with Crippen LogP contribution in [0, 0.1) is 0 Å². The highest BCUT2D eigenvalue weighted by molar-refractivity contribution is 5.99. The molecule has 1 aliphatic carbocycles. The van der Waals surface area contributed by atoms with E-state index in [0.29, 0.717) is 24.2 Å². The fourth-order valence-corrected chi connectivity index (χ4v) is 3.22. The van der Waals surface area contributed by atoms with Crippen LogP contribution >= 0.6 is 12.4 Å². The van der Waals surface area contributed by atoms with Crippen molar-refractivity contribution in [2.75, 3.05) is 10.6 Å². The van der Waals surface area contributed by atoms with Gasteiger partial charge in [0.15, 0.2) is 0 Å². The normalized spacial score (nSPS) is 16.7. The molecule has 1 aliphatic rings. The summed E-state index contributed by atoms with van der Waals surface area (Å²) in [7, 11) is 0. The Labute approximate surface area is 165 Å². The van der Waals surface area contributed by atoms with Gasteiger partial charge in [0.05, 0.1) is 5.54 Å². The molecule has 0 spiro atoms. The summed E-state index contributed by atoms with van der Waals surface area (Å²) in [5, 5.41) is 9.82. The van der Waals surface area contributed by atoms with Crippen LogP contribution in [0.2, 0.25) is 0 Å². The molecule has 3 rings (SSSR count). The van der Waals surface area contributed by atoms with Crippen LogP contribution in [0.25, 0.3) is 0 Å². The van der Waals surface area contributed by atoms with Crippen LogP contribution < -0.4 is 16.4 Å². The van der Waals surface area contributed by atoms with Crippen LogP contribution in [0.1, 0.15) is 45.1 Å². The zero-order valence-corrected chi connectivity index (χ0v) is 16.2. The number of aromatic nitrogens is 2. The molecule has 2 amide bonds. The van der Waals surface area contributed by atoms with Crippen molar-refractivity contribution >= 4 is 35.6 Å². The van der Waals surface area contributed by atoms with E-state index in [-0.39, 0.29) is 24.2 Å². The van der Waals surface area contributed by atoms with E-state index in [1.807, 2.05) is 0 Å². The average Bonchev–Trinajstić information content (AvgIpc) is 3.16. The topological polar surface area (TPSA) is 102 Å². The van der Waals surface area contributed by atoms with Crippen LogP contribution in [-0.2, 0) is 9.59 Å². The molecule has 2 aromatic rings. The van der Waals surface area contributed by atoms with Gasteiger partial charge in [0.2, 0.25) is 11.8 Å². The molecule has 7 nitrogen and oxygen atoms in total. The van der Waals surface area contributed by atoms with Gasteiger partial charge < -0.3 is 16.4 Å². The Morgan fingerprint density at radius 3 is 2.44 bits per heavy atom. The molecule has 1 saturated carbocycles. The Morgan fingerprint density at radius 2 is 1.81 bits per heavy atom. The summed E-state index contributed by atoms with van der Waals surface area (Å²) >= 11 is 0. The molecule has 1 heterocycles. The van der Waals surface area contributed by atoms with E-state index in [4.69, 9.17) is 5.73 Å². The first-order valence-electron chi connectivity index (χ1n) is 8.98. The Balaban J connectivity index is 0.00000261. The number of nitrogens with two attached hydrogens (primary N) is 1. The van der Waals surface area contributed by atoms with Crippen molar-refractivity contribution in [1.82, 2.24) is 9.78 Å². The predicted octanol–water partition coefficient (Wildman–Crippen LogP) is 3.10. The number of rotatable bonds is 5. The Morgan fingerprint density at radius 1 is 1.15 bits per heavy atom. The van der Waals surface area contributed by atoms with Crippen LogP contribution in [0.4, 0.5) is 11.4 Å². The molecule has 1 atom stereocenters. The minimum Gasteiger partial charge on any atom is -0.324 e. The number of anilines is 2. The maximum absolute atomic E-state index is 12.6. The monoisotopic (exact) mass is 391 g/mol. The lowest BCUT2D eigenvalue weighted by atomic mass is 9.82. The fourth-order valence-electron chi connectivity index (χ4n) is 3.22. The van der Waals surface area contributed by atoms with Gasteiger partial charge in [0.1, 0.15) is 6.04 Å². The van der Waals surface area contributed by atoms with Crippen LogP contribution in [-0.4, -0.2) is 27.1 Å². The van der Waals surface area contributed by atoms with Crippen molar-refractivity contribution in [2.45, 2.75) is 50.6 Å². The molecule has 146 valence electrons. The molecular weight excluding hydrogens is 366 g/mol. The number of nitrogens with zero attached hydrogens (tertiary/aromatic N) is 2. The summed E-state index contributed by atoms with van der Waals surface area (Å²) in [6.45, 7) is 1.77. The van der Waals surface area contributed by atoms with E-state index < -0.39 is 11.6 Å². The van der Waals surface area contributed by atoms with Gasteiger partial charge in [0.25, 0.3) is 0 Å². The maximum Gasteiger partial charge on any atom is 0.248 e. The zero-order valence-electron chi connectivity index (χ0n) is 15.4. The summed E-state index contributed by atoms with van der Waals surface area (Å²) in [4.78, 5) is 24.9. The van der Waals surface area contributed by atoms with E-state index in [9.17, 15) is 9.59 Å². The molecule has 1 aromatic heterocycles. The van der Waals surface area contributed by atoms with Crippen molar-refractivity contribution in [3.05, 3.63) is 42.7 Å². The number of halogens is 1. The van der Waals surface area contributed by atoms with E-state index in [1.54, 1.807) is 54.3 Å². The highest BCUT2D eigenvalue weighted by atomic mass is 35.5. The lowest BCUT2D eigenvalue weighted by molar-refractivity contribution is -0.122. The number of hydrogen-bond donors (Lipinski definition) is 3. The summed E-state index contributed by atoms with van der Waals surface area (Å²) in [6.07, 6.45) is 7.87. The lowest BCUT2D eigenvalue weighted by Crippen LogP contribution is -2.52. The molecule has 1 unspecified atom stereocenters. The van der Waals surface area contributed by atoms with Gasteiger partial charge in [-0.05, 0) is 44.0 Å². The van der Waals surface area contributed by atoms with Crippen LogP contribution in [0.15, 0.2) is 42.7 Å². The molecule has 0 bridgehead atoms. The smallest absolute Gasteiger partial charge is 0.248 e. The summed E-state index contributed by atoms with van der Waals surface area (Å²) in [5.41, 5.74) is 6.71. The number of hydrogen-bond acceptors (Lipinski definition) is 4. The van der Waals surface area contributed by atoms with Crippen molar-refractivity contribution in [2.24, 2.45) is 5.73 Å². The van der Waals surface area contributed by atoms with Gasteiger partial charge >= 0.3 is 0 Å². The Hall–Kier alpha value is -2.38. The second-order valence-corrected chi connectivity index (χ2v) is 6.90. The Bertz CT molecular complexity index is 772. The zero-order chi connectivity index (χ0) is 18.6. The summed E-state index contributed by atoms with van der Waals surface area (Å²) in [5.74, 6) is -0.342. The average molecular weight is 392 g/mol. The predicted molar refractivity (Wildman–Crippen MR) is 108 cm³/mol. The van der Waals surface area contributed by atoms with Gasteiger partial charge in [-0.1, -0.05) is 25.3 Å². The molecule has 4 N–H and O–H groups in total. The second kappa shape index (κ2) is 9.01. The number of amides is 2. The SMILES string of the molecule is CC(C(=O)Nc1cccc(NC(=O)C2(N)CCCCC2)c1)n1cccn1.Cl. The standard InChI is InChI=1S/C19H25N5O2.ClH/c1-14(24-12-6-11-21-24)17(25)22-15-7-5-8-16(13-15)23-18(26)19(20)9-3-2-4-10-19;/h5-8,11-14H,2-4,9-10,20H2,1H3,(H,22,25)(H,23,26);1H. The van der Waals surface area contributed by atoms with Crippen molar-refractivity contribution < 1.29 is 9.59 Å². The number of benzene rings is 1. The van der Waals surface area contributed by atoms with E-state index >= 15 is 0 Å². The summed E-state index contributed by atoms with van der Waals surface area (Å²) in [6, 6.07) is 8.43. The largest absolute Gasteiger partial charge is 0.324 e. The van der Waals surface area contributed by atoms with Gasteiger partial charge in [-0.2, -0.15) is 5.10 Å². The van der Waals surface area contributed by atoms with Gasteiger partial charge in [-0.15, -0.1) is 12.4 Å². The molecule has 8 heteroatoms. The molecule has 1 aromatic carbocycles. The minimum atomic E-state index is -0.799.